The maximum absolute atomic E-state index is 13.7. The molecule has 0 fully saturated rings. The van der Waals surface area contributed by atoms with Crippen LogP contribution in [0, 0.1) is 26.6 Å². The van der Waals surface area contributed by atoms with Crippen molar-refractivity contribution in [1.82, 2.24) is 0 Å². The van der Waals surface area contributed by atoms with E-state index in [-0.39, 0.29) is 11.3 Å². The second-order valence-electron chi connectivity index (χ2n) is 4.14. The zero-order valence-electron chi connectivity index (χ0n) is 10.0. The van der Waals surface area contributed by atoms with E-state index in [0.717, 1.165) is 5.56 Å². The molecule has 1 aromatic heterocycles. The van der Waals surface area contributed by atoms with E-state index in [1.165, 1.54) is 12.1 Å². The molecule has 88 valence electrons. The highest BCUT2D eigenvalue weighted by atomic mass is 19.1. The lowest BCUT2D eigenvalue weighted by Gasteiger charge is -2.02. The van der Waals surface area contributed by atoms with Gasteiger partial charge in [-0.25, -0.2) is 4.39 Å². The Balaban J connectivity index is 2.47. The molecule has 2 nitrogen and oxygen atoms in total. The first-order valence-corrected chi connectivity index (χ1v) is 5.37. The predicted molar refractivity (Wildman–Crippen MR) is 62.8 cm³/mol. The van der Waals surface area contributed by atoms with Crippen LogP contribution in [0.1, 0.15) is 33.0 Å². The summed E-state index contributed by atoms with van der Waals surface area (Å²) in [4.78, 5) is 12.1. The molecule has 0 saturated carbocycles. The summed E-state index contributed by atoms with van der Waals surface area (Å²) in [5, 5.41) is 0. The summed E-state index contributed by atoms with van der Waals surface area (Å²) < 4.78 is 19.0. The summed E-state index contributed by atoms with van der Waals surface area (Å²) in [6, 6.07) is 6.22. The molecule has 0 aliphatic heterocycles. The molecule has 0 aliphatic rings. The highest BCUT2D eigenvalue weighted by Crippen LogP contribution is 2.20. The molecule has 0 saturated heterocycles. The third-order valence-electron chi connectivity index (χ3n) is 2.65. The molecule has 17 heavy (non-hydrogen) atoms. The van der Waals surface area contributed by atoms with Crippen molar-refractivity contribution >= 4 is 5.78 Å². The molecule has 1 heterocycles. The van der Waals surface area contributed by atoms with Crippen LogP contribution in [0.5, 0.6) is 0 Å². The quantitative estimate of drug-likeness (QED) is 0.741. The first-order chi connectivity index (χ1) is 7.99. The van der Waals surface area contributed by atoms with Crippen molar-refractivity contribution in [2.45, 2.75) is 20.8 Å². The van der Waals surface area contributed by atoms with E-state index >= 15 is 0 Å². The Morgan fingerprint density at radius 2 is 1.82 bits per heavy atom. The van der Waals surface area contributed by atoms with Gasteiger partial charge in [0.2, 0.25) is 0 Å². The molecule has 2 rings (SSSR count). The highest BCUT2D eigenvalue weighted by Gasteiger charge is 2.18. The molecule has 0 unspecified atom stereocenters. The van der Waals surface area contributed by atoms with Gasteiger partial charge in [-0.1, -0.05) is 6.07 Å². The number of furan rings is 1. The normalized spacial score (nSPS) is 10.6. The van der Waals surface area contributed by atoms with Gasteiger partial charge in [0, 0.05) is 0 Å². The molecule has 0 radical (unpaired) electrons. The smallest absolute Gasteiger partial charge is 0.199 e. The molecular formula is C14H13FO2. The monoisotopic (exact) mass is 232 g/mol. The number of rotatable bonds is 2. The van der Waals surface area contributed by atoms with Crippen molar-refractivity contribution in [3.63, 3.8) is 0 Å². The van der Waals surface area contributed by atoms with Gasteiger partial charge in [-0.2, -0.15) is 0 Å². The minimum atomic E-state index is -0.492. The standard InChI is InChI=1S/C14H13FO2/c1-8-4-5-11(13(15)6-8)14(16)12-7-9(2)17-10(12)3/h4-7H,1-3H3. The number of hydrogen-bond acceptors (Lipinski definition) is 2. The fourth-order valence-electron chi connectivity index (χ4n) is 1.81. The summed E-state index contributed by atoms with van der Waals surface area (Å²) in [6.45, 7) is 5.24. The molecule has 2 aromatic rings. The van der Waals surface area contributed by atoms with Crippen LogP contribution in [0.25, 0.3) is 0 Å². The summed E-state index contributed by atoms with van der Waals surface area (Å²) >= 11 is 0. The minimum absolute atomic E-state index is 0.0829. The number of ketones is 1. The Hall–Kier alpha value is -1.90. The van der Waals surface area contributed by atoms with Crippen LogP contribution in [0.3, 0.4) is 0 Å². The van der Waals surface area contributed by atoms with Gasteiger partial charge in [0.05, 0.1) is 11.1 Å². The zero-order valence-corrected chi connectivity index (χ0v) is 10.0. The molecule has 0 amide bonds. The average molecular weight is 232 g/mol. The van der Waals surface area contributed by atoms with Gasteiger partial charge >= 0.3 is 0 Å². The van der Waals surface area contributed by atoms with Crippen LogP contribution in [-0.2, 0) is 0 Å². The van der Waals surface area contributed by atoms with Gasteiger partial charge in [0.25, 0.3) is 0 Å². The summed E-state index contributed by atoms with van der Waals surface area (Å²) in [5.74, 6) is 0.343. The summed E-state index contributed by atoms with van der Waals surface area (Å²) in [6.07, 6.45) is 0. The van der Waals surface area contributed by atoms with Crippen LogP contribution >= 0.6 is 0 Å². The van der Waals surface area contributed by atoms with E-state index in [1.54, 1.807) is 32.9 Å². The van der Waals surface area contributed by atoms with Crippen molar-refractivity contribution in [1.29, 1.82) is 0 Å². The Bertz CT molecular complexity index is 582. The van der Waals surface area contributed by atoms with Crippen molar-refractivity contribution in [3.05, 3.63) is 58.3 Å². The van der Waals surface area contributed by atoms with Crippen molar-refractivity contribution in [3.8, 4) is 0 Å². The van der Waals surface area contributed by atoms with Crippen LogP contribution in [-0.4, -0.2) is 5.78 Å². The van der Waals surface area contributed by atoms with Gasteiger partial charge in [0.1, 0.15) is 17.3 Å². The number of carbonyl (C=O) groups is 1. The maximum Gasteiger partial charge on any atom is 0.199 e. The van der Waals surface area contributed by atoms with Gasteiger partial charge in [0.15, 0.2) is 5.78 Å². The first-order valence-electron chi connectivity index (χ1n) is 5.37. The van der Waals surface area contributed by atoms with Gasteiger partial charge in [-0.15, -0.1) is 0 Å². The number of halogens is 1. The lowest BCUT2D eigenvalue weighted by Crippen LogP contribution is -2.04. The highest BCUT2D eigenvalue weighted by molar-refractivity contribution is 6.09. The van der Waals surface area contributed by atoms with Crippen molar-refractivity contribution < 1.29 is 13.6 Å². The number of carbonyl (C=O) groups excluding carboxylic acids is 1. The maximum atomic E-state index is 13.7. The van der Waals surface area contributed by atoms with Crippen molar-refractivity contribution in [2.75, 3.05) is 0 Å². The van der Waals surface area contributed by atoms with E-state index in [1.807, 2.05) is 0 Å². The third kappa shape index (κ3) is 2.13. The van der Waals surface area contributed by atoms with Crippen molar-refractivity contribution in [2.24, 2.45) is 0 Å². The number of hydrogen-bond donors (Lipinski definition) is 0. The lowest BCUT2D eigenvalue weighted by atomic mass is 10.0. The SMILES string of the molecule is Cc1ccc(C(=O)c2cc(C)oc2C)c(F)c1. The van der Waals surface area contributed by atoms with E-state index in [2.05, 4.69) is 0 Å². The van der Waals surface area contributed by atoms with E-state index in [4.69, 9.17) is 4.42 Å². The largest absolute Gasteiger partial charge is 0.466 e. The summed E-state index contributed by atoms with van der Waals surface area (Å²) in [7, 11) is 0. The molecule has 1 aromatic carbocycles. The van der Waals surface area contributed by atoms with Crippen LogP contribution in [0.4, 0.5) is 4.39 Å². The molecule has 3 heteroatoms. The van der Waals surface area contributed by atoms with Crippen LogP contribution in [0.2, 0.25) is 0 Å². The lowest BCUT2D eigenvalue weighted by molar-refractivity contribution is 0.103. The Labute approximate surface area is 99.1 Å². The minimum Gasteiger partial charge on any atom is -0.466 e. The van der Waals surface area contributed by atoms with Gasteiger partial charge in [-0.3, -0.25) is 4.79 Å². The molecule has 0 spiro atoms. The van der Waals surface area contributed by atoms with Crippen LogP contribution < -0.4 is 0 Å². The Kier molecular flexibility index (Phi) is 2.84. The zero-order chi connectivity index (χ0) is 12.6. The van der Waals surface area contributed by atoms with E-state index in [9.17, 15) is 9.18 Å². The predicted octanol–water partition coefficient (Wildman–Crippen LogP) is 3.57. The molecule has 0 N–H and O–H groups in total. The second kappa shape index (κ2) is 4.17. The molecule has 0 atom stereocenters. The van der Waals surface area contributed by atoms with E-state index in [0.29, 0.717) is 17.1 Å². The fraction of sp³-hybridized carbons (Fsp3) is 0.214. The molecule has 0 bridgehead atoms. The second-order valence-corrected chi connectivity index (χ2v) is 4.14. The number of benzene rings is 1. The third-order valence-corrected chi connectivity index (χ3v) is 2.65. The van der Waals surface area contributed by atoms with Crippen LogP contribution in [0.15, 0.2) is 28.7 Å². The Morgan fingerprint density at radius 1 is 1.12 bits per heavy atom. The first kappa shape index (κ1) is 11.6. The summed E-state index contributed by atoms with van der Waals surface area (Å²) in [5.41, 5.74) is 1.30. The molecular weight excluding hydrogens is 219 g/mol. The average Bonchev–Trinajstić information content (AvgIpc) is 2.57. The fourth-order valence-corrected chi connectivity index (χ4v) is 1.81. The van der Waals surface area contributed by atoms with E-state index < -0.39 is 5.82 Å². The number of aryl methyl sites for hydroxylation is 3. The topological polar surface area (TPSA) is 30.2 Å². The van der Waals surface area contributed by atoms with Gasteiger partial charge < -0.3 is 4.42 Å². The molecule has 0 aliphatic carbocycles. The Morgan fingerprint density at radius 3 is 2.35 bits per heavy atom. The van der Waals surface area contributed by atoms with Gasteiger partial charge in [-0.05, 0) is 44.5 Å².